The molecule has 0 radical (unpaired) electrons. The van der Waals surface area contributed by atoms with Gasteiger partial charge in [0.15, 0.2) is 5.82 Å². The van der Waals surface area contributed by atoms with Gasteiger partial charge in [-0.2, -0.15) is 0 Å². The number of halogens is 1. The van der Waals surface area contributed by atoms with Crippen LogP contribution in [0.4, 0.5) is 4.39 Å². The van der Waals surface area contributed by atoms with Crippen LogP contribution in [0.5, 0.6) is 11.5 Å². The molecule has 0 saturated carbocycles. The van der Waals surface area contributed by atoms with Gasteiger partial charge in [-0.05, 0) is 74.8 Å². The van der Waals surface area contributed by atoms with Crippen molar-refractivity contribution in [2.45, 2.75) is 51.9 Å². The van der Waals surface area contributed by atoms with Crippen molar-refractivity contribution in [1.82, 2.24) is 0 Å². The Morgan fingerprint density at radius 3 is 1.41 bits per heavy atom. The standard InChI is InChI=1S/C48H51FO4Si/c1-47(2,3)54(43-21-13-7-14-22-43,44-23-15-8-16-24-44)53-46-30-27-41(31-45(46)49)35-52-37-48(32-38-17-9-5-10-18-38,33-39-19-11-6-12-20-39)36-51-34-40-25-28-42(50-4)29-26-40/h5-31H,32-37H2,1-4H3. The Morgan fingerprint density at radius 2 is 0.963 bits per heavy atom. The fourth-order valence-corrected chi connectivity index (χ4v) is 11.8. The van der Waals surface area contributed by atoms with E-state index in [9.17, 15) is 0 Å². The zero-order chi connectivity index (χ0) is 37.9. The van der Waals surface area contributed by atoms with Crippen molar-refractivity contribution in [3.05, 3.63) is 192 Å². The molecule has 6 heteroatoms. The van der Waals surface area contributed by atoms with E-state index in [1.807, 2.05) is 78.9 Å². The lowest BCUT2D eigenvalue weighted by molar-refractivity contribution is -0.0332. The second-order valence-electron chi connectivity index (χ2n) is 15.2. The molecular formula is C48H51FO4Si. The Kier molecular flexibility index (Phi) is 12.8. The van der Waals surface area contributed by atoms with Gasteiger partial charge in [0, 0.05) is 5.41 Å². The molecule has 0 N–H and O–H groups in total. The molecule has 6 rings (SSSR count). The Bertz CT molecular complexity index is 1930. The van der Waals surface area contributed by atoms with E-state index in [-0.39, 0.29) is 22.8 Å². The van der Waals surface area contributed by atoms with Crippen LogP contribution in [0.1, 0.15) is 43.0 Å². The number of methoxy groups -OCH3 is 1. The van der Waals surface area contributed by atoms with Crippen molar-refractivity contribution in [1.29, 1.82) is 0 Å². The second-order valence-corrected chi connectivity index (χ2v) is 19.4. The molecule has 0 unspecified atom stereocenters. The van der Waals surface area contributed by atoms with E-state index in [4.69, 9.17) is 18.6 Å². The summed E-state index contributed by atoms with van der Waals surface area (Å²) in [5.41, 5.74) is 3.85. The summed E-state index contributed by atoms with van der Waals surface area (Å²) in [6.45, 7) is 8.18. The molecule has 0 fully saturated rings. The molecule has 6 aromatic carbocycles. The van der Waals surface area contributed by atoms with Crippen molar-refractivity contribution < 1.29 is 23.0 Å². The molecule has 0 aliphatic carbocycles. The largest absolute Gasteiger partial charge is 0.532 e. The first-order valence-electron chi connectivity index (χ1n) is 18.6. The molecule has 0 aliphatic rings. The highest BCUT2D eigenvalue weighted by molar-refractivity contribution is 7.00. The maximum atomic E-state index is 16.2. The lowest BCUT2D eigenvalue weighted by atomic mass is 9.77. The Morgan fingerprint density at radius 1 is 0.519 bits per heavy atom. The van der Waals surface area contributed by atoms with Gasteiger partial charge in [0.05, 0.1) is 33.5 Å². The molecular weight excluding hydrogens is 688 g/mol. The molecule has 0 saturated heterocycles. The van der Waals surface area contributed by atoms with Gasteiger partial charge in [0.2, 0.25) is 0 Å². The monoisotopic (exact) mass is 738 g/mol. The van der Waals surface area contributed by atoms with Crippen LogP contribution in [-0.4, -0.2) is 28.6 Å². The Hall–Kier alpha value is -5.01. The van der Waals surface area contributed by atoms with Crippen LogP contribution in [0, 0.1) is 11.2 Å². The van der Waals surface area contributed by atoms with Gasteiger partial charge in [-0.25, -0.2) is 4.39 Å². The van der Waals surface area contributed by atoms with Crippen molar-refractivity contribution in [3.8, 4) is 11.5 Å². The summed E-state index contributed by atoms with van der Waals surface area (Å²) in [6.07, 6.45) is 1.51. The molecule has 54 heavy (non-hydrogen) atoms. The topological polar surface area (TPSA) is 36.9 Å². The molecule has 0 aliphatic heterocycles. The molecule has 278 valence electrons. The first-order valence-corrected chi connectivity index (χ1v) is 20.6. The first-order chi connectivity index (χ1) is 26.2. The molecule has 0 aromatic heterocycles. The van der Waals surface area contributed by atoms with Crippen molar-refractivity contribution in [3.63, 3.8) is 0 Å². The SMILES string of the molecule is COc1ccc(COCC(COCc2ccc(O[Si](c3ccccc3)(c3ccccc3)C(C)(C)C)c(F)c2)(Cc2ccccc2)Cc2ccccc2)cc1. The summed E-state index contributed by atoms with van der Waals surface area (Å²) in [4.78, 5) is 0. The highest BCUT2D eigenvalue weighted by Crippen LogP contribution is 2.38. The van der Waals surface area contributed by atoms with Crippen LogP contribution in [-0.2, 0) is 35.5 Å². The fraction of sp³-hybridized carbons (Fsp3) is 0.250. The predicted octanol–water partition coefficient (Wildman–Crippen LogP) is 9.98. The number of hydrogen-bond donors (Lipinski definition) is 0. The quantitative estimate of drug-likeness (QED) is 0.0874. The van der Waals surface area contributed by atoms with Crippen molar-refractivity contribution in [2.75, 3.05) is 20.3 Å². The van der Waals surface area contributed by atoms with Crippen molar-refractivity contribution in [2.24, 2.45) is 5.41 Å². The van der Waals surface area contributed by atoms with E-state index in [0.29, 0.717) is 19.8 Å². The predicted molar refractivity (Wildman–Crippen MR) is 220 cm³/mol. The second kappa shape index (κ2) is 17.9. The summed E-state index contributed by atoms with van der Waals surface area (Å²) in [6, 6.07) is 54.8. The normalized spacial score (nSPS) is 12.0. The average Bonchev–Trinajstić information content (AvgIpc) is 3.19. The van der Waals surface area contributed by atoms with Crippen molar-refractivity contribution >= 4 is 18.7 Å². The number of ether oxygens (including phenoxy) is 3. The molecule has 0 atom stereocenters. The Balaban J connectivity index is 1.24. The third-order valence-corrected chi connectivity index (χ3v) is 15.0. The number of benzene rings is 6. The van der Waals surface area contributed by atoms with Crippen LogP contribution >= 0.6 is 0 Å². The van der Waals surface area contributed by atoms with Crippen LogP contribution in [0.3, 0.4) is 0 Å². The van der Waals surface area contributed by atoms with Gasteiger partial charge in [-0.15, -0.1) is 0 Å². The first kappa shape index (κ1) is 38.7. The van der Waals surface area contributed by atoms with E-state index in [0.717, 1.165) is 40.1 Å². The van der Waals surface area contributed by atoms with Gasteiger partial charge in [0.1, 0.15) is 11.5 Å². The fourth-order valence-electron chi connectivity index (χ4n) is 7.39. The molecule has 6 aromatic rings. The highest BCUT2D eigenvalue weighted by atomic mass is 28.4. The molecule has 0 heterocycles. The minimum Gasteiger partial charge on any atom is -0.532 e. The van der Waals surface area contributed by atoms with E-state index in [1.165, 1.54) is 11.1 Å². The summed E-state index contributed by atoms with van der Waals surface area (Å²) in [5, 5.41) is 1.90. The lowest BCUT2D eigenvalue weighted by Crippen LogP contribution is -2.68. The van der Waals surface area contributed by atoms with Crippen LogP contribution < -0.4 is 19.5 Å². The summed E-state index contributed by atoms with van der Waals surface area (Å²) >= 11 is 0. The minimum atomic E-state index is -3.00. The molecule has 4 nitrogen and oxygen atoms in total. The van der Waals surface area contributed by atoms with Crippen LogP contribution in [0.15, 0.2) is 164 Å². The van der Waals surface area contributed by atoms with E-state index in [2.05, 4.69) is 93.6 Å². The third-order valence-electron chi connectivity index (χ3n) is 10.0. The van der Waals surface area contributed by atoms with Gasteiger partial charge in [-0.3, -0.25) is 0 Å². The van der Waals surface area contributed by atoms with E-state index < -0.39 is 14.1 Å². The lowest BCUT2D eigenvalue weighted by Gasteiger charge is -2.43. The van der Waals surface area contributed by atoms with Gasteiger partial charge >= 0.3 is 8.32 Å². The van der Waals surface area contributed by atoms with E-state index in [1.54, 1.807) is 19.2 Å². The maximum absolute atomic E-state index is 16.2. The molecule has 0 spiro atoms. The van der Waals surface area contributed by atoms with Gasteiger partial charge in [-0.1, -0.05) is 160 Å². The molecule has 0 amide bonds. The summed E-state index contributed by atoms with van der Waals surface area (Å²) in [7, 11) is -1.33. The number of hydrogen-bond acceptors (Lipinski definition) is 4. The van der Waals surface area contributed by atoms with Gasteiger partial charge in [0.25, 0.3) is 0 Å². The summed E-state index contributed by atoms with van der Waals surface area (Å²) < 4.78 is 41.6. The zero-order valence-corrected chi connectivity index (χ0v) is 32.8. The van der Waals surface area contributed by atoms with E-state index >= 15 is 4.39 Å². The average molecular weight is 739 g/mol. The smallest absolute Gasteiger partial charge is 0.320 e. The minimum absolute atomic E-state index is 0.250. The maximum Gasteiger partial charge on any atom is 0.320 e. The van der Waals surface area contributed by atoms with Gasteiger partial charge < -0.3 is 18.6 Å². The van der Waals surface area contributed by atoms with Crippen LogP contribution in [0.25, 0.3) is 0 Å². The third kappa shape index (κ3) is 9.55. The zero-order valence-electron chi connectivity index (χ0n) is 31.8. The highest BCUT2D eigenvalue weighted by Gasteiger charge is 2.52. The Labute approximate surface area is 321 Å². The van der Waals surface area contributed by atoms with Crippen LogP contribution in [0.2, 0.25) is 5.04 Å². The number of rotatable bonds is 17. The molecule has 0 bridgehead atoms. The summed E-state index contributed by atoms with van der Waals surface area (Å²) in [5.74, 6) is 0.669.